The number of carbonyl (C=O) groups is 3. The Kier molecular flexibility index (Phi) is 8.48. The van der Waals surface area contributed by atoms with Crippen LogP contribution in [0.4, 0.5) is 0 Å². The van der Waals surface area contributed by atoms with Crippen molar-refractivity contribution in [2.24, 2.45) is 16.7 Å². The number of likely N-dealkylation sites (tertiary alicyclic amines) is 2. The highest BCUT2D eigenvalue weighted by molar-refractivity contribution is 6.30. The van der Waals surface area contributed by atoms with Gasteiger partial charge in [-0.05, 0) is 61.6 Å². The molecule has 0 aromatic heterocycles. The smallest absolute Gasteiger partial charge is 0.235 e. The van der Waals surface area contributed by atoms with Crippen LogP contribution in [0.5, 0.6) is 0 Å². The molecule has 0 bridgehead atoms. The zero-order chi connectivity index (χ0) is 28.8. The van der Waals surface area contributed by atoms with Crippen molar-refractivity contribution in [1.29, 1.82) is 0 Å². The quantitative estimate of drug-likeness (QED) is 0.452. The largest absolute Gasteiger partial charge is 0.341 e. The molecule has 1 saturated carbocycles. The number of rotatable bonds is 5. The summed E-state index contributed by atoms with van der Waals surface area (Å²) >= 11 is 6.21. The molecule has 6 nitrogen and oxygen atoms in total. The molecule has 3 fully saturated rings. The predicted molar refractivity (Wildman–Crippen MR) is 156 cm³/mol. The van der Waals surface area contributed by atoms with E-state index in [0.717, 1.165) is 37.7 Å². The first kappa shape index (κ1) is 29.9. The molecular weight excluding hydrogens is 510 g/mol. The molecule has 1 aromatic rings. The fraction of sp³-hybridized carbons (Fsp3) is 0.719. The Morgan fingerprint density at radius 1 is 0.923 bits per heavy atom. The van der Waals surface area contributed by atoms with Gasteiger partial charge >= 0.3 is 0 Å². The Morgan fingerprint density at radius 2 is 1.54 bits per heavy atom. The standard InChI is InChI=1S/C32H48ClN3O3/c1-22(2)27(37)35-19-17-32(21-35,23-8-10-24(33)11-9-23)29(39)34-18-14-26(20-34)36(28(38)30(3,4)5)25-12-15-31(6,7)16-13-25/h8-11,22,25-26H,12-21H2,1-7H3/t26-,32+/m0/s1. The molecule has 0 spiro atoms. The summed E-state index contributed by atoms with van der Waals surface area (Å²) in [6.45, 7) is 16.6. The van der Waals surface area contributed by atoms with Gasteiger partial charge in [0.15, 0.2) is 0 Å². The van der Waals surface area contributed by atoms with Crippen LogP contribution in [-0.2, 0) is 19.8 Å². The Morgan fingerprint density at radius 3 is 2.10 bits per heavy atom. The average molecular weight is 558 g/mol. The van der Waals surface area contributed by atoms with Gasteiger partial charge in [-0.3, -0.25) is 14.4 Å². The van der Waals surface area contributed by atoms with E-state index in [0.29, 0.717) is 43.0 Å². The van der Waals surface area contributed by atoms with Crippen LogP contribution in [0.3, 0.4) is 0 Å². The van der Waals surface area contributed by atoms with Gasteiger partial charge in [0.05, 0.1) is 11.5 Å². The number of amides is 3. The summed E-state index contributed by atoms with van der Waals surface area (Å²) in [5.41, 5.74) is -0.0377. The third-order valence-electron chi connectivity index (χ3n) is 9.30. The third kappa shape index (κ3) is 6.16. The third-order valence-corrected chi connectivity index (χ3v) is 9.56. The van der Waals surface area contributed by atoms with Crippen molar-refractivity contribution >= 4 is 29.3 Å². The lowest BCUT2D eigenvalue weighted by atomic mass is 9.74. The zero-order valence-electron chi connectivity index (χ0n) is 25.1. The number of hydrogen-bond acceptors (Lipinski definition) is 3. The van der Waals surface area contributed by atoms with Gasteiger partial charge in [0.25, 0.3) is 0 Å². The molecule has 3 amide bonds. The van der Waals surface area contributed by atoms with E-state index in [1.165, 1.54) is 0 Å². The molecule has 2 saturated heterocycles. The molecule has 0 radical (unpaired) electrons. The average Bonchev–Trinajstić information content (AvgIpc) is 3.53. The summed E-state index contributed by atoms with van der Waals surface area (Å²) in [7, 11) is 0. The SMILES string of the molecule is CC(C)C(=O)N1CC[C@](C(=O)N2CC[C@H](N(C(=O)C(C)(C)C)C3CCC(C)(C)CC3)C2)(c2ccc(Cl)cc2)C1. The molecule has 0 unspecified atom stereocenters. The Bertz CT molecular complexity index is 1070. The number of carbonyl (C=O) groups excluding carboxylic acids is 3. The minimum atomic E-state index is -0.794. The molecule has 3 aliphatic rings. The molecule has 2 atom stereocenters. The minimum Gasteiger partial charge on any atom is -0.341 e. The summed E-state index contributed by atoms with van der Waals surface area (Å²) in [6.07, 6.45) is 5.63. The maximum atomic E-state index is 14.4. The second-order valence-electron chi connectivity index (χ2n) is 14.3. The summed E-state index contributed by atoms with van der Waals surface area (Å²) in [5.74, 6) is 0.225. The van der Waals surface area contributed by atoms with E-state index in [-0.39, 0.29) is 35.7 Å². The lowest BCUT2D eigenvalue weighted by molar-refractivity contribution is -0.147. The molecule has 0 N–H and O–H groups in total. The fourth-order valence-corrected chi connectivity index (χ4v) is 6.93. The van der Waals surface area contributed by atoms with Gasteiger partial charge in [0.1, 0.15) is 0 Å². The first-order valence-electron chi connectivity index (χ1n) is 14.8. The molecule has 1 aliphatic carbocycles. The summed E-state index contributed by atoms with van der Waals surface area (Å²) in [6, 6.07) is 7.79. The van der Waals surface area contributed by atoms with E-state index >= 15 is 0 Å². The molecule has 7 heteroatoms. The van der Waals surface area contributed by atoms with Gasteiger partial charge in [-0.25, -0.2) is 0 Å². The molecule has 2 aliphatic heterocycles. The van der Waals surface area contributed by atoms with Crippen molar-refractivity contribution in [3.05, 3.63) is 34.9 Å². The number of halogens is 1. The van der Waals surface area contributed by atoms with E-state index in [4.69, 9.17) is 11.6 Å². The summed E-state index contributed by atoms with van der Waals surface area (Å²) in [4.78, 5) is 47.2. The van der Waals surface area contributed by atoms with Crippen molar-refractivity contribution in [3.63, 3.8) is 0 Å². The molecule has 2 heterocycles. The van der Waals surface area contributed by atoms with E-state index in [9.17, 15) is 14.4 Å². The Labute approximate surface area is 240 Å². The normalized spacial score (nSPS) is 25.8. The van der Waals surface area contributed by atoms with Crippen LogP contribution >= 0.6 is 11.6 Å². The van der Waals surface area contributed by atoms with Crippen LogP contribution in [0, 0.1) is 16.7 Å². The summed E-state index contributed by atoms with van der Waals surface area (Å²) in [5, 5.41) is 0.627. The second kappa shape index (κ2) is 11.1. The molecule has 1 aromatic carbocycles. The van der Waals surface area contributed by atoms with Crippen LogP contribution in [0.1, 0.15) is 92.6 Å². The lowest BCUT2D eigenvalue weighted by Crippen LogP contribution is -2.54. The van der Waals surface area contributed by atoms with E-state index in [1.807, 2.05) is 68.7 Å². The highest BCUT2D eigenvalue weighted by Gasteiger charge is 2.51. The van der Waals surface area contributed by atoms with Gasteiger partial charge in [-0.2, -0.15) is 0 Å². The fourth-order valence-electron chi connectivity index (χ4n) is 6.80. The van der Waals surface area contributed by atoms with E-state index in [2.05, 4.69) is 18.7 Å². The van der Waals surface area contributed by atoms with Gasteiger partial charge in [-0.1, -0.05) is 72.2 Å². The Balaban J connectivity index is 1.59. The highest BCUT2D eigenvalue weighted by atomic mass is 35.5. The highest BCUT2D eigenvalue weighted by Crippen LogP contribution is 2.41. The van der Waals surface area contributed by atoms with Crippen molar-refractivity contribution in [2.45, 2.75) is 104 Å². The summed E-state index contributed by atoms with van der Waals surface area (Å²) < 4.78 is 0. The first-order valence-corrected chi connectivity index (χ1v) is 15.2. The topological polar surface area (TPSA) is 60.9 Å². The number of benzene rings is 1. The van der Waals surface area contributed by atoms with E-state index < -0.39 is 10.8 Å². The van der Waals surface area contributed by atoms with Crippen molar-refractivity contribution in [1.82, 2.24) is 14.7 Å². The number of hydrogen-bond donors (Lipinski definition) is 0. The van der Waals surface area contributed by atoms with Crippen molar-refractivity contribution in [2.75, 3.05) is 26.2 Å². The van der Waals surface area contributed by atoms with Crippen molar-refractivity contribution in [3.8, 4) is 0 Å². The zero-order valence-corrected chi connectivity index (χ0v) is 25.8. The van der Waals surface area contributed by atoms with Crippen LogP contribution < -0.4 is 0 Å². The molecule has 39 heavy (non-hydrogen) atoms. The van der Waals surface area contributed by atoms with E-state index in [1.54, 1.807) is 0 Å². The monoisotopic (exact) mass is 557 g/mol. The van der Waals surface area contributed by atoms with Gasteiger partial charge < -0.3 is 14.7 Å². The molecule has 216 valence electrons. The number of nitrogens with zero attached hydrogens (tertiary/aromatic N) is 3. The molecular formula is C32H48ClN3O3. The van der Waals surface area contributed by atoms with Gasteiger partial charge in [0, 0.05) is 48.6 Å². The Hall–Kier alpha value is -2.08. The first-order chi connectivity index (χ1) is 18.1. The van der Waals surface area contributed by atoms with Crippen LogP contribution in [-0.4, -0.2) is 70.7 Å². The maximum Gasteiger partial charge on any atom is 0.235 e. The van der Waals surface area contributed by atoms with Crippen LogP contribution in [0.15, 0.2) is 24.3 Å². The van der Waals surface area contributed by atoms with Gasteiger partial charge in [-0.15, -0.1) is 0 Å². The van der Waals surface area contributed by atoms with Crippen LogP contribution in [0.25, 0.3) is 0 Å². The lowest BCUT2D eigenvalue weighted by Gasteiger charge is -2.45. The molecule has 4 rings (SSSR count). The van der Waals surface area contributed by atoms with Gasteiger partial charge in [0.2, 0.25) is 17.7 Å². The second-order valence-corrected chi connectivity index (χ2v) is 14.7. The van der Waals surface area contributed by atoms with Crippen molar-refractivity contribution < 1.29 is 14.4 Å². The predicted octanol–water partition coefficient (Wildman–Crippen LogP) is 5.91. The van der Waals surface area contributed by atoms with Crippen LogP contribution in [0.2, 0.25) is 5.02 Å². The minimum absolute atomic E-state index is 0.0176. The maximum absolute atomic E-state index is 14.4.